The maximum atomic E-state index is 5.76. The van der Waals surface area contributed by atoms with Crippen molar-refractivity contribution in [2.24, 2.45) is 5.73 Å². The highest BCUT2D eigenvalue weighted by atomic mass is 79.9. The van der Waals surface area contributed by atoms with Gasteiger partial charge in [-0.05, 0) is 35.0 Å². The highest BCUT2D eigenvalue weighted by Gasteiger charge is 2.06. The number of hydrogen-bond donors (Lipinski definition) is 1. The molecule has 0 spiro atoms. The molecule has 14 heavy (non-hydrogen) atoms. The van der Waals surface area contributed by atoms with Gasteiger partial charge in [-0.2, -0.15) is 0 Å². The van der Waals surface area contributed by atoms with Crippen LogP contribution in [0.2, 0.25) is 0 Å². The van der Waals surface area contributed by atoms with Gasteiger partial charge in [-0.25, -0.2) is 4.98 Å². The van der Waals surface area contributed by atoms with Gasteiger partial charge in [0.2, 0.25) is 0 Å². The van der Waals surface area contributed by atoms with Crippen molar-refractivity contribution in [1.29, 1.82) is 0 Å². The first kappa shape index (κ1) is 9.68. The number of aromatic nitrogens is 2. The van der Waals surface area contributed by atoms with Gasteiger partial charge in [-0.1, -0.05) is 0 Å². The molecule has 2 aromatic heterocycles. The van der Waals surface area contributed by atoms with Crippen LogP contribution in [0.3, 0.4) is 0 Å². The van der Waals surface area contributed by atoms with Crippen molar-refractivity contribution in [1.82, 2.24) is 9.38 Å². The van der Waals surface area contributed by atoms with Gasteiger partial charge in [0, 0.05) is 30.6 Å². The van der Waals surface area contributed by atoms with Gasteiger partial charge in [0.05, 0.1) is 4.47 Å². The first-order valence-corrected chi connectivity index (χ1v) is 5.34. The molecule has 3 nitrogen and oxygen atoms in total. The Morgan fingerprint density at radius 2 is 2.43 bits per heavy atom. The van der Waals surface area contributed by atoms with Crippen LogP contribution in [0.1, 0.15) is 12.6 Å². The Bertz CT molecular complexity index is 448. The number of rotatable bonds is 2. The van der Waals surface area contributed by atoms with Gasteiger partial charge in [-0.15, -0.1) is 0 Å². The second kappa shape index (κ2) is 3.71. The lowest BCUT2D eigenvalue weighted by Crippen LogP contribution is -2.18. The quantitative estimate of drug-likeness (QED) is 0.890. The Morgan fingerprint density at radius 3 is 3.14 bits per heavy atom. The molecule has 1 unspecified atom stereocenters. The van der Waals surface area contributed by atoms with E-state index in [4.69, 9.17) is 5.73 Å². The summed E-state index contributed by atoms with van der Waals surface area (Å²) in [5, 5.41) is 0. The van der Waals surface area contributed by atoms with E-state index >= 15 is 0 Å². The zero-order chi connectivity index (χ0) is 10.1. The van der Waals surface area contributed by atoms with Crippen molar-refractivity contribution in [2.45, 2.75) is 19.4 Å². The fraction of sp³-hybridized carbons (Fsp3) is 0.300. The molecule has 2 N–H and O–H groups in total. The second-order valence-electron chi connectivity index (χ2n) is 3.48. The van der Waals surface area contributed by atoms with E-state index in [1.54, 1.807) is 0 Å². The van der Waals surface area contributed by atoms with Crippen molar-refractivity contribution in [2.75, 3.05) is 0 Å². The van der Waals surface area contributed by atoms with E-state index in [1.807, 2.05) is 31.5 Å². The Morgan fingerprint density at radius 1 is 1.64 bits per heavy atom. The third-order valence-corrected chi connectivity index (χ3v) is 2.71. The summed E-state index contributed by atoms with van der Waals surface area (Å²) in [7, 11) is 0. The molecule has 0 aliphatic rings. The molecule has 0 aliphatic heterocycles. The largest absolute Gasteiger partial charge is 0.328 e. The molecule has 0 aliphatic carbocycles. The molecule has 2 aromatic rings. The minimum Gasteiger partial charge on any atom is -0.328 e. The molecule has 2 rings (SSSR count). The first-order valence-electron chi connectivity index (χ1n) is 4.54. The van der Waals surface area contributed by atoms with Crippen LogP contribution < -0.4 is 5.73 Å². The molecule has 0 saturated carbocycles. The Labute approximate surface area is 91.1 Å². The lowest BCUT2D eigenvalue weighted by Gasteiger charge is -2.04. The van der Waals surface area contributed by atoms with Gasteiger partial charge >= 0.3 is 0 Å². The third-order valence-electron chi connectivity index (χ3n) is 2.10. The Hall–Kier alpha value is -0.870. The highest BCUT2D eigenvalue weighted by Crippen LogP contribution is 2.17. The van der Waals surface area contributed by atoms with Crippen LogP contribution >= 0.6 is 15.9 Å². The molecule has 1 atom stereocenters. The summed E-state index contributed by atoms with van der Waals surface area (Å²) >= 11 is 3.46. The molecule has 74 valence electrons. The van der Waals surface area contributed by atoms with E-state index in [0.717, 1.165) is 22.2 Å². The smallest absolute Gasteiger partial charge is 0.151 e. The SMILES string of the molecule is CC(N)Cc1cnc2c(Br)cccn12. The Balaban J connectivity index is 2.52. The molecule has 0 bridgehead atoms. The number of nitrogens with zero attached hydrogens (tertiary/aromatic N) is 2. The summed E-state index contributed by atoms with van der Waals surface area (Å²) in [6.07, 6.45) is 4.73. The highest BCUT2D eigenvalue weighted by molar-refractivity contribution is 9.10. The lowest BCUT2D eigenvalue weighted by molar-refractivity contribution is 0.717. The number of fused-ring (bicyclic) bond motifs is 1. The van der Waals surface area contributed by atoms with Crippen LogP contribution in [0.4, 0.5) is 0 Å². The maximum Gasteiger partial charge on any atom is 0.151 e. The number of pyridine rings is 1. The average Bonchev–Trinajstić information content (AvgIpc) is 2.49. The van der Waals surface area contributed by atoms with Crippen molar-refractivity contribution in [3.05, 3.63) is 34.7 Å². The normalized spacial score (nSPS) is 13.4. The van der Waals surface area contributed by atoms with Crippen LogP contribution in [0.25, 0.3) is 5.65 Å². The van der Waals surface area contributed by atoms with Crippen LogP contribution in [-0.4, -0.2) is 15.4 Å². The minimum atomic E-state index is 0.161. The van der Waals surface area contributed by atoms with Crippen molar-refractivity contribution in [3.8, 4) is 0 Å². The number of hydrogen-bond acceptors (Lipinski definition) is 2. The predicted molar refractivity (Wildman–Crippen MR) is 60.2 cm³/mol. The minimum absolute atomic E-state index is 0.161. The molecule has 0 aromatic carbocycles. The fourth-order valence-corrected chi connectivity index (χ4v) is 1.95. The van der Waals surface area contributed by atoms with E-state index < -0.39 is 0 Å². The Kier molecular flexibility index (Phi) is 2.56. The second-order valence-corrected chi connectivity index (χ2v) is 4.34. The van der Waals surface area contributed by atoms with Gasteiger partial charge in [0.1, 0.15) is 0 Å². The summed E-state index contributed by atoms with van der Waals surface area (Å²) in [6.45, 7) is 2.00. The van der Waals surface area contributed by atoms with Gasteiger partial charge in [-0.3, -0.25) is 0 Å². The van der Waals surface area contributed by atoms with Gasteiger partial charge in [0.15, 0.2) is 5.65 Å². The number of nitrogens with two attached hydrogens (primary N) is 1. The lowest BCUT2D eigenvalue weighted by atomic mass is 10.2. The monoisotopic (exact) mass is 253 g/mol. The third kappa shape index (κ3) is 1.67. The molecule has 0 fully saturated rings. The molecule has 4 heteroatoms. The van der Waals surface area contributed by atoms with Crippen LogP contribution in [0.5, 0.6) is 0 Å². The van der Waals surface area contributed by atoms with Crippen LogP contribution in [-0.2, 0) is 6.42 Å². The summed E-state index contributed by atoms with van der Waals surface area (Å²) in [5.41, 5.74) is 7.86. The topological polar surface area (TPSA) is 43.3 Å². The summed E-state index contributed by atoms with van der Waals surface area (Å²) in [4.78, 5) is 4.33. The zero-order valence-corrected chi connectivity index (χ0v) is 9.53. The van der Waals surface area contributed by atoms with Crippen LogP contribution in [0, 0.1) is 0 Å². The standard InChI is InChI=1S/C10H12BrN3/c1-7(12)5-8-6-13-10-9(11)3-2-4-14(8)10/h2-4,6-7H,5,12H2,1H3. The predicted octanol–water partition coefficient (Wildman–Crippen LogP) is 1.99. The molecule has 2 heterocycles. The van der Waals surface area contributed by atoms with Gasteiger partial charge < -0.3 is 10.1 Å². The van der Waals surface area contributed by atoms with E-state index in [-0.39, 0.29) is 6.04 Å². The van der Waals surface area contributed by atoms with E-state index in [0.29, 0.717) is 0 Å². The van der Waals surface area contributed by atoms with E-state index in [2.05, 4.69) is 25.3 Å². The number of imidazole rings is 1. The van der Waals surface area contributed by atoms with Crippen molar-refractivity contribution < 1.29 is 0 Å². The molecule has 0 radical (unpaired) electrons. The molecular formula is C10H12BrN3. The number of halogens is 1. The summed E-state index contributed by atoms with van der Waals surface area (Å²) in [6, 6.07) is 4.13. The average molecular weight is 254 g/mol. The maximum absolute atomic E-state index is 5.76. The summed E-state index contributed by atoms with van der Waals surface area (Å²) < 4.78 is 3.07. The molecular weight excluding hydrogens is 242 g/mol. The van der Waals surface area contributed by atoms with Crippen molar-refractivity contribution >= 4 is 21.6 Å². The van der Waals surface area contributed by atoms with Crippen molar-refractivity contribution in [3.63, 3.8) is 0 Å². The molecule has 0 amide bonds. The molecule has 0 saturated heterocycles. The van der Waals surface area contributed by atoms with Crippen LogP contribution in [0.15, 0.2) is 29.0 Å². The van der Waals surface area contributed by atoms with Gasteiger partial charge in [0.25, 0.3) is 0 Å². The van der Waals surface area contributed by atoms with E-state index in [9.17, 15) is 0 Å². The first-order chi connectivity index (χ1) is 6.68. The van der Waals surface area contributed by atoms with E-state index in [1.165, 1.54) is 0 Å². The fourth-order valence-electron chi connectivity index (χ4n) is 1.51. The summed E-state index contributed by atoms with van der Waals surface area (Å²) in [5.74, 6) is 0. The zero-order valence-electron chi connectivity index (χ0n) is 7.94.